The second kappa shape index (κ2) is 5.64. The molecule has 108 valence electrons. The first-order valence-corrected chi connectivity index (χ1v) is 7.70. The highest BCUT2D eigenvalue weighted by atomic mass is 32.2. The van der Waals surface area contributed by atoms with E-state index in [4.69, 9.17) is 5.73 Å². The Morgan fingerprint density at radius 3 is 2.70 bits per heavy atom. The Morgan fingerprint density at radius 1 is 1.40 bits per heavy atom. The summed E-state index contributed by atoms with van der Waals surface area (Å²) in [5, 5.41) is 3.91. The molecule has 7 heteroatoms. The number of anilines is 1. The first-order chi connectivity index (χ1) is 9.43. The molecule has 0 saturated heterocycles. The van der Waals surface area contributed by atoms with E-state index in [9.17, 15) is 8.42 Å². The van der Waals surface area contributed by atoms with E-state index in [-0.39, 0.29) is 4.90 Å². The molecule has 0 saturated carbocycles. The predicted octanol–water partition coefficient (Wildman–Crippen LogP) is 1.21. The Balaban J connectivity index is 2.28. The van der Waals surface area contributed by atoms with Gasteiger partial charge in [0.2, 0.25) is 10.0 Å². The van der Waals surface area contributed by atoms with Crippen LogP contribution in [0.15, 0.2) is 41.6 Å². The molecule has 0 spiro atoms. The lowest BCUT2D eigenvalue weighted by atomic mass is 10.2. The average molecular weight is 294 g/mol. The van der Waals surface area contributed by atoms with E-state index in [1.807, 2.05) is 12.1 Å². The van der Waals surface area contributed by atoms with Crippen molar-refractivity contribution in [2.24, 2.45) is 7.05 Å². The van der Waals surface area contributed by atoms with Crippen LogP contribution < -0.4 is 5.73 Å². The van der Waals surface area contributed by atoms with Gasteiger partial charge in [0.1, 0.15) is 4.90 Å². The number of sulfonamides is 1. The Labute approximate surface area is 118 Å². The number of hydrogen-bond acceptors (Lipinski definition) is 4. The van der Waals surface area contributed by atoms with E-state index in [1.54, 1.807) is 26.1 Å². The molecule has 2 aromatic rings. The van der Waals surface area contributed by atoms with E-state index in [1.165, 1.54) is 21.4 Å². The second-order valence-corrected chi connectivity index (χ2v) is 6.46. The van der Waals surface area contributed by atoms with Gasteiger partial charge in [-0.25, -0.2) is 8.42 Å². The summed E-state index contributed by atoms with van der Waals surface area (Å²) in [6.07, 6.45) is 2.86. The van der Waals surface area contributed by atoms with Crippen molar-refractivity contribution in [3.8, 4) is 0 Å². The molecule has 0 aliphatic heterocycles. The summed E-state index contributed by atoms with van der Waals surface area (Å²) in [5.41, 5.74) is 7.20. The van der Waals surface area contributed by atoms with Crippen molar-refractivity contribution >= 4 is 15.7 Å². The van der Waals surface area contributed by atoms with Crippen LogP contribution in [-0.4, -0.2) is 29.0 Å². The first-order valence-electron chi connectivity index (χ1n) is 6.26. The molecule has 0 aliphatic carbocycles. The van der Waals surface area contributed by atoms with Gasteiger partial charge in [0.25, 0.3) is 0 Å². The maximum Gasteiger partial charge on any atom is 0.246 e. The lowest BCUT2D eigenvalue weighted by molar-refractivity contribution is 0.423. The van der Waals surface area contributed by atoms with Gasteiger partial charge < -0.3 is 5.73 Å². The standard InChI is InChI=1S/C13H18N4O2S/c1-3-17(9-11-5-4-6-12(14)7-11)20(18,19)13-8-15-16(2)10-13/h4-8,10H,3,9,14H2,1-2H3. The highest BCUT2D eigenvalue weighted by Crippen LogP contribution is 2.18. The van der Waals surface area contributed by atoms with Crippen LogP contribution >= 0.6 is 0 Å². The maximum atomic E-state index is 12.5. The quantitative estimate of drug-likeness (QED) is 0.841. The van der Waals surface area contributed by atoms with Gasteiger partial charge in [-0.1, -0.05) is 19.1 Å². The van der Waals surface area contributed by atoms with Crippen LogP contribution in [0.25, 0.3) is 0 Å². The van der Waals surface area contributed by atoms with E-state index in [0.29, 0.717) is 18.8 Å². The lowest BCUT2D eigenvalue weighted by Crippen LogP contribution is -2.30. The largest absolute Gasteiger partial charge is 0.399 e. The van der Waals surface area contributed by atoms with Crippen LogP contribution in [0, 0.1) is 0 Å². The van der Waals surface area contributed by atoms with Crippen molar-refractivity contribution in [3.63, 3.8) is 0 Å². The summed E-state index contributed by atoms with van der Waals surface area (Å²) < 4.78 is 27.9. The molecule has 0 bridgehead atoms. The normalized spacial score (nSPS) is 11.9. The minimum absolute atomic E-state index is 0.200. The summed E-state index contributed by atoms with van der Waals surface area (Å²) in [6, 6.07) is 7.23. The van der Waals surface area contributed by atoms with Gasteiger partial charge in [-0.05, 0) is 17.7 Å². The molecule has 6 nitrogen and oxygen atoms in total. The molecule has 0 radical (unpaired) electrons. The molecule has 2 rings (SSSR count). The smallest absolute Gasteiger partial charge is 0.246 e. The Bertz CT molecular complexity index is 694. The van der Waals surface area contributed by atoms with Crippen molar-refractivity contribution in [2.75, 3.05) is 12.3 Å². The zero-order valence-corrected chi connectivity index (χ0v) is 12.3. The molecule has 1 aromatic heterocycles. The fraction of sp³-hybridized carbons (Fsp3) is 0.308. The molecule has 0 amide bonds. The number of aryl methyl sites for hydroxylation is 1. The van der Waals surface area contributed by atoms with Crippen LogP contribution in [0.1, 0.15) is 12.5 Å². The number of hydrogen-bond donors (Lipinski definition) is 1. The van der Waals surface area contributed by atoms with Crippen molar-refractivity contribution < 1.29 is 8.42 Å². The summed E-state index contributed by atoms with van der Waals surface area (Å²) in [5.74, 6) is 0. The number of nitrogens with zero attached hydrogens (tertiary/aromatic N) is 3. The van der Waals surface area contributed by atoms with E-state index >= 15 is 0 Å². The van der Waals surface area contributed by atoms with Gasteiger partial charge in [0, 0.05) is 32.0 Å². The third kappa shape index (κ3) is 3.00. The SMILES string of the molecule is CCN(Cc1cccc(N)c1)S(=O)(=O)c1cnn(C)c1. The lowest BCUT2D eigenvalue weighted by Gasteiger charge is -2.19. The van der Waals surface area contributed by atoms with Crippen LogP contribution in [0.4, 0.5) is 5.69 Å². The molecular formula is C13H18N4O2S. The van der Waals surface area contributed by atoms with Gasteiger partial charge in [0.05, 0.1) is 6.20 Å². The number of rotatable bonds is 5. The monoisotopic (exact) mass is 294 g/mol. The van der Waals surface area contributed by atoms with Crippen LogP contribution in [0.3, 0.4) is 0 Å². The molecule has 1 aromatic carbocycles. The fourth-order valence-electron chi connectivity index (χ4n) is 1.94. The van der Waals surface area contributed by atoms with Crippen molar-refractivity contribution in [3.05, 3.63) is 42.2 Å². The van der Waals surface area contributed by atoms with Gasteiger partial charge in [-0.2, -0.15) is 9.40 Å². The highest BCUT2D eigenvalue weighted by molar-refractivity contribution is 7.89. The highest BCUT2D eigenvalue weighted by Gasteiger charge is 2.24. The predicted molar refractivity (Wildman–Crippen MR) is 77.3 cm³/mol. The van der Waals surface area contributed by atoms with Crippen molar-refractivity contribution in [2.45, 2.75) is 18.4 Å². The average Bonchev–Trinajstić information content (AvgIpc) is 2.83. The summed E-state index contributed by atoms with van der Waals surface area (Å²) in [7, 11) is -1.84. The Kier molecular flexibility index (Phi) is 4.10. The molecule has 0 fully saturated rings. The van der Waals surface area contributed by atoms with Crippen LogP contribution in [-0.2, 0) is 23.6 Å². The van der Waals surface area contributed by atoms with E-state index in [0.717, 1.165) is 5.56 Å². The zero-order valence-electron chi connectivity index (χ0n) is 11.5. The van der Waals surface area contributed by atoms with Crippen LogP contribution in [0.5, 0.6) is 0 Å². The molecule has 0 aliphatic rings. The molecular weight excluding hydrogens is 276 g/mol. The third-order valence-electron chi connectivity index (χ3n) is 2.98. The minimum Gasteiger partial charge on any atom is -0.399 e. The van der Waals surface area contributed by atoms with Gasteiger partial charge in [-0.15, -0.1) is 0 Å². The van der Waals surface area contributed by atoms with Gasteiger partial charge in [-0.3, -0.25) is 4.68 Å². The third-order valence-corrected chi connectivity index (χ3v) is 4.86. The zero-order chi connectivity index (χ0) is 14.8. The molecule has 0 atom stereocenters. The van der Waals surface area contributed by atoms with E-state index < -0.39 is 10.0 Å². The Morgan fingerprint density at radius 2 is 2.15 bits per heavy atom. The fourth-order valence-corrected chi connectivity index (χ4v) is 3.37. The second-order valence-electron chi connectivity index (χ2n) is 4.53. The van der Waals surface area contributed by atoms with Crippen molar-refractivity contribution in [1.29, 1.82) is 0 Å². The Hall–Kier alpha value is -1.86. The first kappa shape index (κ1) is 14.5. The summed E-state index contributed by atoms with van der Waals surface area (Å²) >= 11 is 0. The van der Waals surface area contributed by atoms with Crippen molar-refractivity contribution in [1.82, 2.24) is 14.1 Å². The summed E-state index contributed by atoms with van der Waals surface area (Å²) in [4.78, 5) is 0.200. The minimum atomic E-state index is -3.53. The summed E-state index contributed by atoms with van der Waals surface area (Å²) in [6.45, 7) is 2.48. The number of aromatic nitrogens is 2. The number of benzene rings is 1. The van der Waals surface area contributed by atoms with E-state index in [2.05, 4.69) is 5.10 Å². The topological polar surface area (TPSA) is 81.2 Å². The molecule has 1 heterocycles. The van der Waals surface area contributed by atoms with Gasteiger partial charge in [0.15, 0.2) is 0 Å². The number of nitrogen functional groups attached to an aromatic ring is 1. The molecule has 2 N–H and O–H groups in total. The number of nitrogens with two attached hydrogens (primary N) is 1. The van der Waals surface area contributed by atoms with Gasteiger partial charge >= 0.3 is 0 Å². The molecule has 20 heavy (non-hydrogen) atoms. The molecule has 0 unspecified atom stereocenters. The maximum absolute atomic E-state index is 12.5. The van der Waals surface area contributed by atoms with Crippen LogP contribution in [0.2, 0.25) is 0 Å².